The first-order valence-corrected chi connectivity index (χ1v) is 6.25. The van der Waals surface area contributed by atoms with E-state index in [1.54, 1.807) is 12.3 Å². The zero-order valence-electron chi connectivity index (χ0n) is 10.9. The van der Waals surface area contributed by atoms with E-state index in [2.05, 4.69) is 15.6 Å². The number of nitrogens with one attached hydrogen (secondary N) is 2. The smallest absolute Gasteiger partial charge is 0.269 e. The Bertz CT molecular complexity index is 540. The van der Waals surface area contributed by atoms with Crippen LogP contribution in [0.4, 0.5) is 5.69 Å². The van der Waals surface area contributed by atoms with Crippen LogP contribution >= 0.6 is 0 Å². The monoisotopic (exact) mass is 255 g/mol. The van der Waals surface area contributed by atoms with Gasteiger partial charge in [-0.25, -0.2) is 0 Å². The number of hydrogen-bond acceptors (Lipinski definition) is 3. The van der Waals surface area contributed by atoms with E-state index in [1.807, 2.05) is 43.4 Å². The molecular formula is C15H17N3O. The third kappa shape index (κ3) is 3.81. The molecule has 0 aliphatic heterocycles. The maximum absolute atomic E-state index is 11.9. The van der Waals surface area contributed by atoms with Gasteiger partial charge >= 0.3 is 0 Å². The summed E-state index contributed by atoms with van der Waals surface area (Å²) in [7, 11) is 1.81. The minimum atomic E-state index is -0.145. The molecule has 4 heteroatoms. The number of pyridine rings is 1. The average Bonchev–Trinajstić information content (AvgIpc) is 2.48. The SMILES string of the molecule is CNc1ccnc(C(=O)NCCc2ccccc2)c1. The molecule has 1 heterocycles. The predicted octanol–water partition coefficient (Wildman–Crippen LogP) is 2.10. The van der Waals surface area contributed by atoms with Crippen LogP contribution in [-0.2, 0) is 6.42 Å². The lowest BCUT2D eigenvalue weighted by Crippen LogP contribution is -2.26. The van der Waals surface area contributed by atoms with Crippen molar-refractivity contribution in [2.45, 2.75) is 6.42 Å². The van der Waals surface area contributed by atoms with E-state index in [1.165, 1.54) is 5.56 Å². The van der Waals surface area contributed by atoms with Crippen molar-refractivity contribution in [2.75, 3.05) is 18.9 Å². The van der Waals surface area contributed by atoms with Gasteiger partial charge in [-0.05, 0) is 24.1 Å². The Balaban J connectivity index is 1.87. The molecule has 1 aromatic carbocycles. The van der Waals surface area contributed by atoms with Gasteiger partial charge in [-0.1, -0.05) is 30.3 Å². The van der Waals surface area contributed by atoms with Gasteiger partial charge in [0.05, 0.1) is 0 Å². The number of amides is 1. The molecule has 0 fully saturated rings. The zero-order valence-corrected chi connectivity index (χ0v) is 10.9. The largest absolute Gasteiger partial charge is 0.388 e. The van der Waals surface area contributed by atoms with Crippen LogP contribution in [0.15, 0.2) is 48.7 Å². The molecule has 2 rings (SSSR count). The minimum Gasteiger partial charge on any atom is -0.388 e. The highest BCUT2D eigenvalue weighted by atomic mass is 16.1. The topological polar surface area (TPSA) is 54.0 Å². The van der Waals surface area contributed by atoms with Crippen LogP contribution in [-0.4, -0.2) is 24.5 Å². The molecule has 4 nitrogen and oxygen atoms in total. The van der Waals surface area contributed by atoms with Gasteiger partial charge in [0.25, 0.3) is 5.91 Å². The Hall–Kier alpha value is -2.36. The Morgan fingerprint density at radius 3 is 2.74 bits per heavy atom. The van der Waals surface area contributed by atoms with E-state index in [0.717, 1.165) is 12.1 Å². The summed E-state index contributed by atoms with van der Waals surface area (Å²) in [6.45, 7) is 0.605. The molecule has 1 aromatic heterocycles. The van der Waals surface area contributed by atoms with Gasteiger partial charge < -0.3 is 10.6 Å². The van der Waals surface area contributed by atoms with Gasteiger partial charge in [-0.3, -0.25) is 9.78 Å². The molecule has 0 unspecified atom stereocenters. The summed E-state index contributed by atoms with van der Waals surface area (Å²) < 4.78 is 0. The Labute approximate surface area is 112 Å². The van der Waals surface area contributed by atoms with E-state index in [9.17, 15) is 4.79 Å². The highest BCUT2D eigenvalue weighted by Crippen LogP contribution is 2.06. The van der Waals surface area contributed by atoms with E-state index in [-0.39, 0.29) is 5.91 Å². The number of benzene rings is 1. The number of hydrogen-bond donors (Lipinski definition) is 2. The Kier molecular flexibility index (Phi) is 4.50. The lowest BCUT2D eigenvalue weighted by molar-refractivity contribution is 0.0949. The maximum atomic E-state index is 11.9. The van der Waals surface area contributed by atoms with Gasteiger partial charge in [0.15, 0.2) is 0 Å². The third-order valence-corrected chi connectivity index (χ3v) is 2.82. The summed E-state index contributed by atoms with van der Waals surface area (Å²) in [5, 5.41) is 5.85. The molecule has 2 aromatic rings. The fourth-order valence-corrected chi connectivity index (χ4v) is 1.77. The van der Waals surface area contributed by atoms with Crippen molar-refractivity contribution in [3.05, 3.63) is 59.9 Å². The number of carbonyl (C=O) groups excluding carboxylic acids is 1. The molecule has 1 amide bonds. The number of carbonyl (C=O) groups is 1. The average molecular weight is 255 g/mol. The fourth-order valence-electron chi connectivity index (χ4n) is 1.77. The molecule has 0 aliphatic carbocycles. The van der Waals surface area contributed by atoms with Crippen molar-refractivity contribution in [3.8, 4) is 0 Å². The van der Waals surface area contributed by atoms with Crippen molar-refractivity contribution in [3.63, 3.8) is 0 Å². The van der Waals surface area contributed by atoms with E-state index in [0.29, 0.717) is 12.2 Å². The Morgan fingerprint density at radius 2 is 2.00 bits per heavy atom. The first kappa shape index (κ1) is 13.1. The molecule has 0 spiro atoms. The van der Waals surface area contributed by atoms with Gasteiger partial charge in [0.1, 0.15) is 5.69 Å². The number of nitrogens with zero attached hydrogens (tertiary/aromatic N) is 1. The summed E-state index contributed by atoms with van der Waals surface area (Å²) in [6, 6.07) is 13.6. The lowest BCUT2D eigenvalue weighted by atomic mass is 10.1. The summed E-state index contributed by atoms with van der Waals surface area (Å²) in [6.07, 6.45) is 2.44. The minimum absolute atomic E-state index is 0.145. The predicted molar refractivity (Wildman–Crippen MR) is 76.3 cm³/mol. The van der Waals surface area contributed by atoms with Gasteiger partial charge in [-0.2, -0.15) is 0 Å². The van der Waals surface area contributed by atoms with Crippen LogP contribution in [0.5, 0.6) is 0 Å². The summed E-state index contributed by atoms with van der Waals surface area (Å²) in [4.78, 5) is 16.0. The second-order valence-electron chi connectivity index (χ2n) is 4.17. The zero-order chi connectivity index (χ0) is 13.5. The van der Waals surface area contributed by atoms with E-state index in [4.69, 9.17) is 0 Å². The number of rotatable bonds is 5. The second kappa shape index (κ2) is 6.54. The summed E-state index contributed by atoms with van der Waals surface area (Å²) in [5.41, 5.74) is 2.52. The maximum Gasteiger partial charge on any atom is 0.269 e. The molecule has 2 N–H and O–H groups in total. The highest BCUT2D eigenvalue weighted by molar-refractivity contribution is 5.93. The van der Waals surface area contributed by atoms with Crippen molar-refractivity contribution >= 4 is 11.6 Å². The van der Waals surface area contributed by atoms with Crippen LogP contribution in [0.2, 0.25) is 0 Å². The third-order valence-electron chi connectivity index (χ3n) is 2.82. The highest BCUT2D eigenvalue weighted by Gasteiger charge is 2.06. The van der Waals surface area contributed by atoms with Crippen LogP contribution in [0.3, 0.4) is 0 Å². The normalized spacial score (nSPS) is 9.95. The molecule has 0 atom stereocenters. The summed E-state index contributed by atoms with van der Waals surface area (Å²) >= 11 is 0. The van der Waals surface area contributed by atoms with Gasteiger partial charge in [0.2, 0.25) is 0 Å². The fraction of sp³-hybridized carbons (Fsp3) is 0.200. The molecule has 98 valence electrons. The second-order valence-corrected chi connectivity index (χ2v) is 4.17. The Morgan fingerprint density at radius 1 is 1.21 bits per heavy atom. The molecule has 0 saturated heterocycles. The molecular weight excluding hydrogens is 238 g/mol. The molecule has 19 heavy (non-hydrogen) atoms. The van der Waals surface area contributed by atoms with E-state index < -0.39 is 0 Å². The van der Waals surface area contributed by atoms with Gasteiger partial charge in [0, 0.05) is 25.5 Å². The quantitative estimate of drug-likeness (QED) is 0.860. The first-order valence-electron chi connectivity index (χ1n) is 6.25. The standard InChI is InChI=1S/C15H17N3O/c1-16-13-8-10-17-14(11-13)15(19)18-9-7-12-5-3-2-4-6-12/h2-6,8,10-11H,7,9H2,1H3,(H,16,17)(H,18,19). The summed E-state index contributed by atoms with van der Waals surface area (Å²) in [5.74, 6) is -0.145. The van der Waals surface area contributed by atoms with Crippen LogP contribution in [0, 0.1) is 0 Å². The van der Waals surface area contributed by atoms with Crippen LogP contribution < -0.4 is 10.6 Å². The van der Waals surface area contributed by atoms with Crippen LogP contribution in [0.25, 0.3) is 0 Å². The van der Waals surface area contributed by atoms with Crippen molar-refractivity contribution in [1.82, 2.24) is 10.3 Å². The molecule has 0 aliphatic rings. The first-order chi connectivity index (χ1) is 9.29. The molecule has 0 radical (unpaired) electrons. The molecule has 0 saturated carbocycles. The van der Waals surface area contributed by atoms with Crippen molar-refractivity contribution < 1.29 is 4.79 Å². The van der Waals surface area contributed by atoms with Gasteiger partial charge in [-0.15, -0.1) is 0 Å². The van der Waals surface area contributed by atoms with Crippen molar-refractivity contribution in [1.29, 1.82) is 0 Å². The lowest BCUT2D eigenvalue weighted by Gasteiger charge is -2.06. The molecule has 0 bridgehead atoms. The van der Waals surface area contributed by atoms with Crippen LogP contribution in [0.1, 0.15) is 16.1 Å². The van der Waals surface area contributed by atoms with E-state index >= 15 is 0 Å². The number of aromatic nitrogens is 1. The number of anilines is 1. The van der Waals surface area contributed by atoms with Crippen molar-refractivity contribution in [2.24, 2.45) is 0 Å².